The number of hydrogen-bond acceptors (Lipinski definition) is 6. The van der Waals surface area contributed by atoms with Gasteiger partial charge in [0.25, 0.3) is 5.91 Å². The maximum Gasteiger partial charge on any atom is 0.262 e. The average molecular weight is 552 g/mol. The van der Waals surface area contributed by atoms with E-state index in [0.29, 0.717) is 22.6 Å². The Balaban J connectivity index is 1.41. The smallest absolute Gasteiger partial charge is 0.262 e. The van der Waals surface area contributed by atoms with E-state index in [0.717, 1.165) is 48.8 Å². The molecule has 1 fully saturated rings. The van der Waals surface area contributed by atoms with Crippen LogP contribution in [0.2, 0.25) is 0 Å². The highest BCUT2D eigenvalue weighted by atomic mass is 79.9. The molecule has 0 saturated carbocycles. The maximum absolute atomic E-state index is 12.4. The summed E-state index contributed by atoms with van der Waals surface area (Å²) in [5.41, 5.74) is 4.73. The minimum Gasteiger partial charge on any atom is -0.490 e. The van der Waals surface area contributed by atoms with Crippen LogP contribution in [0.1, 0.15) is 18.1 Å². The van der Waals surface area contributed by atoms with Gasteiger partial charge in [-0.3, -0.25) is 9.79 Å². The van der Waals surface area contributed by atoms with E-state index >= 15 is 0 Å². The fraction of sp³-hybridized carbons (Fsp3) is 0.286. The topological polar surface area (TPSA) is 72.4 Å². The Hall–Kier alpha value is -3.36. The minimum absolute atomic E-state index is 0.143. The zero-order valence-corrected chi connectivity index (χ0v) is 22.1. The molecule has 1 N–H and O–H groups in total. The molecular formula is C28H30BrN3O4. The highest BCUT2D eigenvalue weighted by molar-refractivity contribution is 9.10. The van der Waals surface area contributed by atoms with Crippen molar-refractivity contribution in [1.82, 2.24) is 0 Å². The summed E-state index contributed by atoms with van der Waals surface area (Å²) in [5, 5.41) is 2.83. The van der Waals surface area contributed by atoms with Crippen LogP contribution in [0.5, 0.6) is 11.5 Å². The van der Waals surface area contributed by atoms with Gasteiger partial charge in [0.15, 0.2) is 18.1 Å². The van der Waals surface area contributed by atoms with E-state index in [-0.39, 0.29) is 12.5 Å². The molecule has 0 aromatic heterocycles. The number of hydrogen-bond donors (Lipinski definition) is 1. The molecule has 4 rings (SSSR count). The Morgan fingerprint density at radius 3 is 2.50 bits per heavy atom. The third kappa shape index (κ3) is 7.08. The molecule has 1 aliphatic heterocycles. The first-order valence-electron chi connectivity index (χ1n) is 11.9. The van der Waals surface area contributed by atoms with E-state index in [1.54, 1.807) is 6.21 Å². The van der Waals surface area contributed by atoms with Crippen molar-refractivity contribution in [3.8, 4) is 11.5 Å². The van der Waals surface area contributed by atoms with Crippen LogP contribution in [0.25, 0.3) is 0 Å². The molecule has 0 radical (unpaired) electrons. The molecule has 1 saturated heterocycles. The second-order valence-corrected chi connectivity index (χ2v) is 9.19. The highest BCUT2D eigenvalue weighted by Gasteiger charge is 2.14. The molecule has 3 aromatic carbocycles. The van der Waals surface area contributed by atoms with Gasteiger partial charge in [-0.2, -0.15) is 0 Å². The third-order valence-corrected chi connectivity index (χ3v) is 6.19. The molecule has 8 heteroatoms. The monoisotopic (exact) mass is 551 g/mol. The van der Waals surface area contributed by atoms with Crippen molar-refractivity contribution in [3.63, 3.8) is 0 Å². The van der Waals surface area contributed by atoms with Crippen LogP contribution in [-0.4, -0.2) is 51.6 Å². The van der Waals surface area contributed by atoms with Gasteiger partial charge >= 0.3 is 0 Å². The summed E-state index contributed by atoms with van der Waals surface area (Å²) in [4.78, 5) is 19.3. The van der Waals surface area contributed by atoms with Gasteiger partial charge in [-0.25, -0.2) is 0 Å². The Labute approximate surface area is 220 Å². The molecule has 1 aliphatic rings. The van der Waals surface area contributed by atoms with E-state index in [1.165, 1.54) is 5.69 Å². The number of anilines is 2. The van der Waals surface area contributed by atoms with Gasteiger partial charge in [0, 0.05) is 30.7 Å². The molecule has 1 amide bonds. The fourth-order valence-corrected chi connectivity index (χ4v) is 4.33. The van der Waals surface area contributed by atoms with Crippen LogP contribution >= 0.6 is 15.9 Å². The first-order chi connectivity index (χ1) is 17.5. The second kappa shape index (κ2) is 12.6. The minimum atomic E-state index is -0.251. The molecule has 0 spiro atoms. The summed E-state index contributed by atoms with van der Waals surface area (Å²) in [6.07, 6.45) is 1.78. The summed E-state index contributed by atoms with van der Waals surface area (Å²) in [6, 6.07) is 19.5. The molecular weight excluding hydrogens is 522 g/mol. The molecule has 0 bridgehead atoms. The number of morpholine rings is 1. The van der Waals surface area contributed by atoms with Crippen molar-refractivity contribution in [1.29, 1.82) is 0 Å². The van der Waals surface area contributed by atoms with Gasteiger partial charge in [0.05, 0.1) is 30.0 Å². The quantitative estimate of drug-likeness (QED) is 0.342. The van der Waals surface area contributed by atoms with E-state index in [2.05, 4.69) is 43.3 Å². The zero-order chi connectivity index (χ0) is 25.3. The summed E-state index contributed by atoms with van der Waals surface area (Å²) in [6.45, 7) is 7.54. The fourth-order valence-electron chi connectivity index (χ4n) is 3.76. The van der Waals surface area contributed by atoms with Crippen LogP contribution < -0.4 is 19.7 Å². The Bertz CT molecular complexity index is 1190. The van der Waals surface area contributed by atoms with Gasteiger partial charge in [-0.15, -0.1) is 0 Å². The SMILES string of the molecule is CCOc1cc(C=Nc2ccc(N3CCOCC3)cc2)cc(Br)c1OCC(=O)Nc1ccc(C)cc1. The number of aliphatic imine (C=N–C) groups is 1. The zero-order valence-electron chi connectivity index (χ0n) is 20.5. The lowest BCUT2D eigenvalue weighted by atomic mass is 10.2. The number of rotatable bonds is 9. The molecule has 188 valence electrons. The lowest BCUT2D eigenvalue weighted by molar-refractivity contribution is -0.118. The van der Waals surface area contributed by atoms with Crippen LogP contribution in [0.15, 0.2) is 70.1 Å². The summed E-state index contributed by atoms with van der Waals surface area (Å²) >= 11 is 3.56. The number of benzene rings is 3. The van der Waals surface area contributed by atoms with Gasteiger partial charge < -0.3 is 24.4 Å². The molecule has 7 nitrogen and oxygen atoms in total. The number of nitrogens with one attached hydrogen (secondary N) is 1. The Morgan fingerprint density at radius 2 is 1.81 bits per heavy atom. The largest absolute Gasteiger partial charge is 0.490 e. The van der Waals surface area contributed by atoms with E-state index < -0.39 is 0 Å². The lowest BCUT2D eigenvalue weighted by Crippen LogP contribution is -2.36. The number of carbonyl (C=O) groups is 1. The van der Waals surface area contributed by atoms with E-state index in [1.807, 2.05) is 62.4 Å². The molecule has 0 aliphatic carbocycles. The van der Waals surface area contributed by atoms with Crippen molar-refractivity contribution in [3.05, 3.63) is 76.3 Å². The van der Waals surface area contributed by atoms with Gasteiger partial charge in [-0.1, -0.05) is 17.7 Å². The van der Waals surface area contributed by atoms with Gasteiger partial charge in [-0.05, 0) is 83.9 Å². The first-order valence-corrected chi connectivity index (χ1v) is 12.7. The Kier molecular flexibility index (Phi) is 8.97. The van der Waals surface area contributed by atoms with Crippen LogP contribution in [-0.2, 0) is 9.53 Å². The molecule has 1 heterocycles. The second-order valence-electron chi connectivity index (χ2n) is 8.34. The summed E-state index contributed by atoms with van der Waals surface area (Å²) in [7, 11) is 0. The number of aryl methyl sites for hydroxylation is 1. The third-order valence-electron chi connectivity index (χ3n) is 5.60. The summed E-state index contributed by atoms with van der Waals surface area (Å²) < 4.78 is 17.7. The number of amides is 1. The molecule has 0 unspecified atom stereocenters. The van der Waals surface area contributed by atoms with Crippen LogP contribution in [0.4, 0.5) is 17.1 Å². The predicted molar refractivity (Wildman–Crippen MR) is 147 cm³/mol. The average Bonchev–Trinajstić information content (AvgIpc) is 2.89. The van der Waals surface area contributed by atoms with Gasteiger partial charge in [0.1, 0.15) is 0 Å². The Morgan fingerprint density at radius 1 is 1.08 bits per heavy atom. The van der Waals surface area contributed by atoms with E-state index in [4.69, 9.17) is 14.2 Å². The van der Waals surface area contributed by atoms with Crippen molar-refractivity contribution in [2.75, 3.05) is 49.7 Å². The number of halogens is 1. The van der Waals surface area contributed by atoms with Gasteiger partial charge in [0.2, 0.25) is 0 Å². The van der Waals surface area contributed by atoms with Crippen molar-refractivity contribution in [2.45, 2.75) is 13.8 Å². The number of ether oxygens (including phenoxy) is 3. The maximum atomic E-state index is 12.4. The van der Waals surface area contributed by atoms with Crippen LogP contribution in [0, 0.1) is 6.92 Å². The normalized spacial score (nSPS) is 13.6. The number of nitrogens with zero attached hydrogens (tertiary/aromatic N) is 2. The van der Waals surface area contributed by atoms with Crippen molar-refractivity contribution in [2.24, 2.45) is 4.99 Å². The first kappa shape index (κ1) is 25.7. The molecule has 0 atom stereocenters. The number of carbonyl (C=O) groups excluding carboxylic acids is 1. The standard InChI is InChI=1S/C28H30BrN3O4/c1-3-35-26-17-21(18-30-22-8-10-24(11-9-22)32-12-14-34-15-13-32)16-25(29)28(26)36-19-27(33)31-23-6-4-20(2)5-7-23/h4-11,16-18H,3,12-15,19H2,1-2H3,(H,31,33). The lowest BCUT2D eigenvalue weighted by Gasteiger charge is -2.28. The van der Waals surface area contributed by atoms with Crippen molar-refractivity contribution >= 4 is 45.1 Å². The molecule has 36 heavy (non-hydrogen) atoms. The summed E-state index contributed by atoms with van der Waals surface area (Å²) in [5.74, 6) is 0.765. The van der Waals surface area contributed by atoms with Crippen LogP contribution in [0.3, 0.4) is 0 Å². The van der Waals surface area contributed by atoms with E-state index in [9.17, 15) is 4.79 Å². The highest BCUT2D eigenvalue weighted by Crippen LogP contribution is 2.37. The molecule has 3 aromatic rings. The predicted octanol–water partition coefficient (Wildman–Crippen LogP) is 5.76. The van der Waals surface area contributed by atoms with Crippen molar-refractivity contribution < 1.29 is 19.0 Å².